The lowest BCUT2D eigenvalue weighted by molar-refractivity contribution is -0.137. The number of fused-ring (bicyclic) bond motifs is 1. The minimum atomic E-state index is -4.50. The molecule has 0 aliphatic carbocycles. The number of rotatable bonds is 4. The summed E-state index contributed by atoms with van der Waals surface area (Å²) in [5, 5.41) is 6.71. The zero-order chi connectivity index (χ0) is 24.8. The molecule has 1 N–H and O–H groups in total. The average molecular weight is 492 g/mol. The summed E-state index contributed by atoms with van der Waals surface area (Å²) in [5.74, 6) is -1.27. The second kappa shape index (κ2) is 8.28. The number of aromatic nitrogens is 2. The average Bonchev–Trinajstić information content (AvgIpc) is 3.22. The lowest BCUT2D eigenvalue weighted by Gasteiger charge is -2.32. The van der Waals surface area contributed by atoms with Gasteiger partial charge in [-0.3, -0.25) is 14.3 Å². The first-order valence-electron chi connectivity index (χ1n) is 10.0. The summed E-state index contributed by atoms with van der Waals surface area (Å²) in [7, 11) is -3.49. The quantitative estimate of drug-likeness (QED) is 0.598. The van der Waals surface area contributed by atoms with Crippen molar-refractivity contribution in [2.75, 3.05) is 23.0 Å². The predicted molar refractivity (Wildman–Crippen MR) is 118 cm³/mol. The van der Waals surface area contributed by atoms with E-state index in [9.17, 15) is 31.2 Å². The molecule has 34 heavy (non-hydrogen) atoms. The number of hydrogen-bond acceptors (Lipinski definition) is 5. The number of benzene rings is 2. The summed E-state index contributed by atoms with van der Waals surface area (Å²) in [6.45, 7) is 1.91. The molecular formula is C22H19F3N4O4S. The van der Waals surface area contributed by atoms with E-state index in [2.05, 4.69) is 10.4 Å². The molecule has 0 saturated carbocycles. The fraction of sp³-hybridized carbons (Fsp3) is 0.227. The van der Waals surface area contributed by atoms with Crippen molar-refractivity contribution >= 4 is 33.0 Å². The molecule has 0 spiro atoms. The monoisotopic (exact) mass is 492 g/mol. The molecule has 2 aromatic carbocycles. The maximum Gasteiger partial charge on any atom is 0.416 e. The van der Waals surface area contributed by atoms with Crippen molar-refractivity contribution in [2.24, 2.45) is 0 Å². The summed E-state index contributed by atoms with van der Waals surface area (Å²) in [5.41, 5.74) is -0.433. The molecule has 1 aromatic heterocycles. The summed E-state index contributed by atoms with van der Waals surface area (Å²) < 4.78 is 63.6. The second-order valence-electron chi connectivity index (χ2n) is 7.91. The third kappa shape index (κ3) is 4.40. The van der Waals surface area contributed by atoms with Crippen LogP contribution < -0.4 is 10.2 Å². The molecule has 2 heterocycles. The molecule has 0 saturated heterocycles. The van der Waals surface area contributed by atoms with Crippen LogP contribution in [0.5, 0.6) is 0 Å². The van der Waals surface area contributed by atoms with E-state index in [-0.39, 0.29) is 40.1 Å². The van der Waals surface area contributed by atoms with Crippen LogP contribution in [0.15, 0.2) is 59.6 Å². The van der Waals surface area contributed by atoms with Gasteiger partial charge in [-0.05, 0) is 49.4 Å². The van der Waals surface area contributed by atoms with Crippen LogP contribution in [0.1, 0.15) is 39.4 Å². The molecule has 0 bridgehead atoms. The molecule has 4 rings (SSSR count). The smallest absolute Gasteiger partial charge is 0.322 e. The standard InChI is InChI=1S/C22H19F3N4O4S/c1-13-12-28(16-8-6-14(7-9-16)22(23,24)25)21(31)19-18(11-26-29(13)19)20(30)27-15-4-3-5-17(10-15)34(2,32)33/h3-11,13H,12H2,1-2H3,(H,27,30)/t13-/m0/s1. The van der Waals surface area contributed by atoms with Crippen molar-refractivity contribution in [3.8, 4) is 0 Å². The number of carbonyl (C=O) groups excluding carboxylic acids is 2. The number of nitrogens with zero attached hydrogens (tertiary/aromatic N) is 3. The molecule has 8 nitrogen and oxygen atoms in total. The van der Waals surface area contributed by atoms with Crippen LogP contribution in [-0.4, -0.2) is 42.8 Å². The van der Waals surface area contributed by atoms with Gasteiger partial charge >= 0.3 is 6.18 Å². The molecule has 178 valence electrons. The molecule has 0 fully saturated rings. The highest BCUT2D eigenvalue weighted by Gasteiger charge is 2.36. The van der Waals surface area contributed by atoms with Crippen LogP contribution in [0, 0.1) is 0 Å². The van der Waals surface area contributed by atoms with Crippen molar-refractivity contribution in [3.63, 3.8) is 0 Å². The first kappa shape index (κ1) is 23.5. The van der Waals surface area contributed by atoms with Gasteiger partial charge in [0.1, 0.15) is 5.69 Å². The van der Waals surface area contributed by atoms with Gasteiger partial charge < -0.3 is 10.2 Å². The van der Waals surface area contributed by atoms with Crippen LogP contribution in [0.2, 0.25) is 0 Å². The molecule has 1 aliphatic heterocycles. The highest BCUT2D eigenvalue weighted by molar-refractivity contribution is 7.90. The fourth-order valence-corrected chi connectivity index (χ4v) is 4.35. The normalized spacial score (nSPS) is 16.3. The summed E-state index contributed by atoms with van der Waals surface area (Å²) in [6, 6.07) is 9.49. The third-order valence-corrected chi connectivity index (χ3v) is 6.49. The van der Waals surface area contributed by atoms with E-state index in [0.717, 1.165) is 18.4 Å². The molecule has 0 radical (unpaired) electrons. The zero-order valence-corrected chi connectivity index (χ0v) is 18.8. The van der Waals surface area contributed by atoms with Gasteiger partial charge in [-0.25, -0.2) is 8.42 Å². The largest absolute Gasteiger partial charge is 0.416 e. The molecule has 12 heteroatoms. The Labute approximate surface area is 192 Å². The van der Waals surface area contributed by atoms with Crippen LogP contribution in [-0.2, 0) is 16.0 Å². The van der Waals surface area contributed by atoms with Gasteiger partial charge in [0.05, 0.1) is 28.3 Å². The van der Waals surface area contributed by atoms with Crippen LogP contribution in [0.4, 0.5) is 24.5 Å². The van der Waals surface area contributed by atoms with Gasteiger partial charge in [0, 0.05) is 24.2 Å². The van der Waals surface area contributed by atoms with Crippen LogP contribution >= 0.6 is 0 Å². The summed E-state index contributed by atoms with van der Waals surface area (Å²) >= 11 is 0. The number of halogens is 3. The van der Waals surface area contributed by atoms with Gasteiger partial charge in [-0.15, -0.1) is 0 Å². The highest BCUT2D eigenvalue weighted by atomic mass is 32.2. The lowest BCUT2D eigenvalue weighted by Crippen LogP contribution is -2.43. The first-order chi connectivity index (χ1) is 15.9. The molecular weight excluding hydrogens is 473 g/mol. The van der Waals surface area contributed by atoms with E-state index in [4.69, 9.17) is 0 Å². The Morgan fingerprint density at radius 2 is 1.82 bits per heavy atom. The lowest BCUT2D eigenvalue weighted by atomic mass is 10.1. The van der Waals surface area contributed by atoms with E-state index in [1.807, 2.05) is 0 Å². The van der Waals surface area contributed by atoms with Gasteiger partial charge in [-0.1, -0.05) is 6.07 Å². The SMILES string of the molecule is C[C@H]1CN(c2ccc(C(F)(F)F)cc2)C(=O)c2c(C(=O)Nc3cccc(S(C)(=O)=O)c3)cnn21. The van der Waals surface area contributed by atoms with E-state index >= 15 is 0 Å². The predicted octanol–water partition coefficient (Wildman–Crippen LogP) is 3.78. The number of hydrogen-bond donors (Lipinski definition) is 1. The Balaban J connectivity index is 1.64. The maximum absolute atomic E-state index is 13.3. The van der Waals surface area contributed by atoms with Crippen LogP contribution in [0.25, 0.3) is 0 Å². The van der Waals surface area contributed by atoms with Crippen molar-refractivity contribution in [1.29, 1.82) is 0 Å². The topological polar surface area (TPSA) is 101 Å². The minimum absolute atomic E-state index is 0.0144. The molecule has 1 atom stereocenters. The van der Waals surface area contributed by atoms with Crippen molar-refractivity contribution in [3.05, 3.63) is 71.5 Å². The van der Waals surface area contributed by atoms with Gasteiger partial charge in [0.15, 0.2) is 9.84 Å². The Morgan fingerprint density at radius 3 is 2.44 bits per heavy atom. The highest BCUT2D eigenvalue weighted by Crippen LogP contribution is 2.33. The van der Waals surface area contributed by atoms with E-state index in [1.54, 1.807) is 6.92 Å². The number of sulfone groups is 1. The van der Waals surface area contributed by atoms with Gasteiger partial charge in [0.25, 0.3) is 11.8 Å². The Kier molecular flexibility index (Phi) is 5.72. The summed E-state index contributed by atoms with van der Waals surface area (Å²) in [6.07, 6.45) is -2.23. The number of anilines is 2. The second-order valence-corrected chi connectivity index (χ2v) is 9.93. The third-order valence-electron chi connectivity index (χ3n) is 5.38. The number of amides is 2. The molecule has 0 unspecified atom stereocenters. The zero-order valence-electron chi connectivity index (χ0n) is 18.0. The number of carbonyl (C=O) groups is 2. The first-order valence-corrected chi connectivity index (χ1v) is 11.9. The maximum atomic E-state index is 13.3. The van der Waals surface area contributed by atoms with E-state index < -0.39 is 33.4 Å². The molecule has 2 amide bonds. The Morgan fingerprint density at radius 1 is 1.15 bits per heavy atom. The van der Waals surface area contributed by atoms with Crippen molar-refractivity contribution < 1.29 is 31.2 Å². The minimum Gasteiger partial charge on any atom is -0.322 e. The molecule has 3 aromatic rings. The molecule has 1 aliphatic rings. The van der Waals surface area contributed by atoms with E-state index in [0.29, 0.717) is 0 Å². The van der Waals surface area contributed by atoms with Gasteiger partial charge in [0.2, 0.25) is 0 Å². The summed E-state index contributed by atoms with van der Waals surface area (Å²) in [4.78, 5) is 27.5. The Hall–Kier alpha value is -3.67. The van der Waals surface area contributed by atoms with E-state index in [1.165, 1.54) is 52.2 Å². The fourth-order valence-electron chi connectivity index (χ4n) is 3.68. The number of nitrogens with one attached hydrogen (secondary N) is 1. The van der Waals surface area contributed by atoms with Crippen LogP contribution in [0.3, 0.4) is 0 Å². The Bertz CT molecular complexity index is 1380. The van der Waals surface area contributed by atoms with Crippen molar-refractivity contribution in [2.45, 2.75) is 24.0 Å². The number of alkyl halides is 3. The van der Waals surface area contributed by atoms with Gasteiger partial charge in [-0.2, -0.15) is 18.3 Å². The van der Waals surface area contributed by atoms with Crippen molar-refractivity contribution in [1.82, 2.24) is 9.78 Å².